The van der Waals surface area contributed by atoms with E-state index in [1.54, 1.807) is 11.0 Å². The highest BCUT2D eigenvalue weighted by Crippen LogP contribution is 2.16. The first-order chi connectivity index (χ1) is 13.2. The molecule has 0 aliphatic carbocycles. The van der Waals surface area contributed by atoms with Gasteiger partial charge in [0.15, 0.2) is 0 Å². The van der Waals surface area contributed by atoms with Crippen LogP contribution in [-0.4, -0.2) is 27.3 Å². The van der Waals surface area contributed by atoms with Gasteiger partial charge in [0.1, 0.15) is 18.4 Å². The van der Waals surface area contributed by atoms with Crippen molar-refractivity contribution in [3.8, 4) is 5.75 Å². The van der Waals surface area contributed by atoms with E-state index in [2.05, 4.69) is 15.4 Å². The molecular formula is C21H24N4O2. The minimum absolute atomic E-state index is 0.0371. The van der Waals surface area contributed by atoms with E-state index in [4.69, 9.17) is 4.74 Å². The summed E-state index contributed by atoms with van der Waals surface area (Å²) in [6.45, 7) is 3.77. The predicted molar refractivity (Wildman–Crippen MR) is 103 cm³/mol. The first-order valence-electron chi connectivity index (χ1n) is 9.06. The molecule has 3 aromatic rings. The Morgan fingerprint density at radius 1 is 1.11 bits per heavy atom. The maximum absolute atomic E-state index is 12.0. The van der Waals surface area contributed by atoms with E-state index in [0.29, 0.717) is 32.5 Å². The van der Waals surface area contributed by atoms with Gasteiger partial charge in [-0.15, -0.1) is 0 Å². The van der Waals surface area contributed by atoms with Gasteiger partial charge in [0.25, 0.3) is 0 Å². The second kappa shape index (κ2) is 9.52. The van der Waals surface area contributed by atoms with Crippen LogP contribution in [0.2, 0.25) is 0 Å². The van der Waals surface area contributed by atoms with Crippen LogP contribution in [-0.2, 0) is 17.9 Å². The summed E-state index contributed by atoms with van der Waals surface area (Å²) in [5.74, 6) is 0.916. The van der Waals surface area contributed by atoms with Crippen LogP contribution in [0.5, 0.6) is 5.75 Å². The fraction of sp³-hybridized carbons (Fsp3) is 0.286. The molecule has 0 aliphatic heterocycles. The van der Waals surface area contributed by atoms with E-state index in [9.17, 15) is 4.79 Å². The Morgan fingerprint density at radius 3 is 2.63 bits per heavy atom. The van der Waals surface area contributed by atoms with Gasteiger partial charge < -0.3 is 10.1 Å². The molecule has 0 spiro atoms. The molecule has 0 fully saturated rings. The van der Waals surface area contributed by atoms with Crippen LogP contribution in [0.25, 0.3) is 0 Å². The zero-order valence-electron chi connectivity index (χ0n) is 15.5. The number of aryl methyl sites for hydroxylation is 1. The fourth-order valence-electron chi connectivity index (χ4n) is 2.69. The van der Waals surface area contributed by atoms with Gasteiger partial charge in [0, 0.05) is 13.0 Å². The molecular weight excluding hydrogens is 340 g/mol. The van der Waals surface area contributed by atoms with Gasteiger partial charge >= 0.3 is 0 Å². The Hall–Kier alpha value is -3.15. The molecule has 0 aliphatic rings. The fourth-order valence-corrected chi connectivity index (χ4v) is 2.69. The number of rotatable bonds is 9. The van der Waals surface area contributed by atoms with Crippen LogP contribution in [0.1, 0.15) is 29.5 Å². The first-order valence-corrected chi connectivity index (χ1v) is 9.06. The van der Waals surface area contributed by atoms with Gasteiger partial charge in [-0.05, 0) is 36.1 Å². The zero-order valence-corrected chi connectivity index (χ0v) is 15.5. The number of hydrogen-bond acceptors (Lipinski definition) is 4. The van der Waals surface area contributed by atoms with Gasteiger partial charge in [-0.3, -0.25) is 4.79 Å². The molecule has 0 saturated carbocycles. The summed E-state index contributed by atoms with van der Waals surface area (Å²) in [7, 11) is 0. The standard InChI is InChI=1S/C21H24N4O2/c1-17-5-2-3-6-20(17)27-12-4-7-21(26)23-13-18-8-10-19(11-9-18)14-25-16-22-15-24-25/h2-3,5-6,8-11,15-16H,4,7,12-14H2,1H3,(H,23,26). The second-order valence-electron chi connectivity index (χ2n) is 6.40. The van der Waals surface area contributed by atoms with Crippen molar-refractivity contribution in [1.82, 2.24) is 20.1 Å². The van der Waals surface area contributed by atoms with Crippen molar-refractivity contribution in [3.05, 3.63) is 77.9 Å². The topological polar surface area (TPSA) is 69.0 Å². The van der Waals surface area contributed by atoms with Crippen molar-refractivity contribution in [3.63, 3.8) is 0 Å². The Labute approximate surface area is 159 Å². The molecule has 1 aromatic heterocycles. The average Bonchev–Trinajstić information content (AvgIpc) is 3.19. The zero-order chi connectivity index (χ0) is 18.9. The van der Waals surface area contributed by atoms with Crippen LogP contribution in [0.4, 0.5) is 0 Å². The van der Waals surface area contributed by atoms with Gasteiger partial charge in [-0.2, -0.15) is 5.10 Å². The largest absolute Gasteiger partial charge is 0.493 e. The third-order valence-electron chi connectivity index (χ3n) is 4.22. The second-order valence-corrected chi connectivity index (χ2v) is 6.40. The predicted octanol–water partition coefficient (Wildman–Crippen LogP) is 3.11. The maximum Gasteiger partial charge on any atom is 0.220 e. The molecule has 2 aromatic carbocycles. The van der Waals surface area contributed by atoms with Gasteiger partial charge in [-0.25, -0.2) is 9.67 Å². The summed E-state index contributed by atoms with van der Waals surface area (Å²) in [4.78, 5) is 15.9. The van der Waals surface area contributed by atoms with E-state index in [0.717, 1.165) is 22.4 Å². The highest BCUT2D eigenvalue weighted by molar-refractivity contribution is 5.75. The molecule has 1 heterocycles. The SMILES string of the molecule is Cc1ccccc1OCCCC(=O)NCc1ccc(Cn2cncn2)cc1. The van der Waals surface area contributed by atoms with Gasteiger partial charge in [0.2, 0.25) is 5.91 Å². The monoisotopic (exact) mass is 364 g/mol. The minimum Gasteiger partial charge on any atom is -0.493 e. The van der Waals surface area contributed by atoms with E-state index < -0.39 is 0 Å². The summed E-state index contributed by atoms with van der Waals surface area (Å²) < 4.78 is 7.49. The van der Waals surface area contributed by atoms with Gasteiger partial charge in [-0.1, -0.05) is 42.5 Å². The van der Waals surface area contributed by atoms with Crippen molar-refractivity contribution in [2.45, 2.75) is 32.9 Å². The summed E-state index contributed by atoms with van der Waals surface area (Å²) >= 11 is 0. The Morgan fingerprint density at radius 2 is 1.89 bits per heavy atom. The average molecular weight is 364 g/mol. The minimum atomic E-state index is 0.0371. The first kappa shape index (κ1) is 18.6. The van der Waals surface area contributed by atoms with Crippen molar-refractivity contribution in [2.24, 2.45) is 0 Å². The van der Waals surface area contributed by atoms with Crippen molar-refractivity contribution in [1.29, 1.82) is 0 Å². The van der Waals surface area contributed by atoms with Crippen LogP contribution in [0.15, 0.2) is 61.2 Å². The number of aromatic nitrogens is 3. The Bertz CT molecular complexity index is 845. The Balaban J connectivity index is 1.34. The van der Waals surface area contributed by atoms with E-state index in [-0.39, 0.29) is 5.91 Å². The summed E-state index contributed by atoms with van der Waals surface area (Å²) in [6.07, 6.45) is 4.36. The number of benzene rings is 2. The van der Waals surface area contributed by atoms with Crippen molar-refractivity contribution < 1.29 is 9.53 Å². The molecule has 1 amide bonds. The molecule has 0 bridgehead atoms. The summed E-state index contributed by atoms with van der Waals surface area (Å²) in [5.41, 5.74) is 3.32. The van der Waals surface area contributed by atoms with Crippen LogP contribution in [0.3, 0.4) is 0 Å². The lowest BCUT2D eigenvalue weighted by molar-refractivity contribution is -0.121. The molecule has 140 valence electrons. The van der Waals surface area contributed by atoms with Crippen LogP contribution < -0.4 is 10.1 Å². The number of ether oxygens (including phenoxy) is 1. The molecule has 3 rings (SSSR count). The third kappa shape index (κ3) is 5.95. The van der Waals surface area contributed by atoms with E-state index >= 15 is 0 Å². The molecule has 0 radical (unpaired) electrons. The summed E-state index contributed by atoms with van der Waals surface area (Å²) in [5, 5.41) is 7.04. The molecule has 27 heavy (non-hydrogen) atoms. The smallest absolute Gasteiger partial charge is 0.220 e. The highest BCUT2D eigenvalue weighted by atomic mass is 16.5. The molecule has 1 N–H and O–H groups in total. The number of nitrogens with zero attached hydrogens (tertiary/aromatic N) is 3. The molecule has 6 nitrogen and oxygen atoms in total. The maximum atomic E-state index is 12.0. The van der Waals surface area contributed by atoms with Gasteiger partial charge in [0.05, 0.1) is 13.2 Å². The molecule has 0 unspecified atom stereocenters. The lowest BCUT2D eigenvalue weighted by atomic mass is 10.1. The van der Waals surface area contributed by atoms with Crippen LogP contribution >= 0.6 is 0 Å². The number of hydrogen-bond donors (Lipinski definition) is 1. The molecule has 6 heteroatoms. The molecule has 0 saturated heterocycles. The van der Waals surface area contributed by atoms with Crippen molar-refractivity contribution in [2.75, 3.05) is 6.61 Å². The highest BCUT2D eigenvalue weighted by Gasteiger charge is 2.03. The number of para-hydroxylation sites is 1. The van der Waals surface area contributed by atoms with E-state index in [1.807, 2.05) is 55.5 Å². The number of carbonyl (C=O) groups excluding carboxylic acids is 1. The third-order valence-corrected chi connectivity index (χ3v) is 4.22. The quantitative estimate of drug-likeness (QED) is 0.592. The van der Waals surface area contributed by atoms with Crippen molar-refractivity contribution >= 4 is 5.91 Å². The Kier molecular flexibility index (Phi) is 6.57. The lowest BCUT2D eigenvalue weighted by Gasteiger charge is -2.09. The van der Waals surface area contributed by atoms with E-state index in [1.165, 1.54) is 6.33 Å². The summed E-state index contributed by atoms with van der Waals surface area (Å²) in [6, 6.07) is 16.0. The number of nitrogens with one attached hydrogen (secondary N) is 1. The number of carbonyl (C=O) groups is 1. The molecule has 0 atom stereocenters. The normalized spacial score (nSPS) is 10.6. The van der Waals surface area contributed by atoms with Crippen LogP contribution in [0, 0.1) is 6.92 Å². The lowest BCUT2D eigenvalue weighted by Crippen LogP contribution is -2.23. The number of amides is 1.